The molecule has 3 rings (SSSR count). The summed E-state index contributed by atoms with van der Waals surface area (Å²) >= 11 is 0. The molecule has 1 aromatic rings. The van der Waals surface area contributed by atoms with Gasteiger partial charge in [-0.25, -0.2) is 0 Å². The lowest BCUT2D eigenvalue weighted by molar-refractivity contribution is 0.0909. The van der Waals surface area contributed by atoms with E-state index in [4.69, 9.17) is 5.73 Å². The lowest BCUT2D eigenvalue weighted by atomic mass is 10.0. The van der Waals surface area contributed by atoms with Gasteiger partial charge in [0.1, 0.15) is 0 Å². The normalized spacial score (nSPS) is 24.3. The van der Waals surface area contributed by atoms with Gasteiger partial charge in [0.2, 0.25) is 0 Å². The van der Waals surface area contributed by atoms with Crippen LogP contribution in [0.5, 0.6) is 0 Å². The van der Waals surface area contributed by atoms with Crippen LogP contribution in [-0.2, 0) is 6.54 Å². The fourth-order valence-corrected chi connectivity index (χ4v) is 3.94. The molecule has 0 bridgehead atoms. The van der Waals surface area contributed by atoms with Gasteiger partial charge in [0.25, 0.3) is 0 Å². The largest absolute Gasteiger partial charge is 0.377 e. The van der Waals surface area contributed by atoms with Crippen LogP contribution in [0.4, 0.5) is 5.69 Å². The van der Waals surface area contributed by atoms with Gasteiger partial charge in [-0.05, 0) is 50.2 Å². The van der Waals surface area contributed by atoms with Crippen LogP contribution in [0.3, 0.4) is 0 Å². The third-order valence-corrected chi connectivity index (χ3v) is 5.15. The molecule has 2 N–H and O–H groups in total. The number of nitrogens with zero attached hydrogens (tertiary/aromatic N) is 3. The number of hydrogen-bond donors (Lipinski definition) is 1. The Morgan fingerprint density at radius 2 is 1.95 bits per heavy atom. The van der Waals surface area contributed by atoms with Crippen LogP contribution in [-0.4, -0.2) is 56.6 Å². The fraction of sp³-hybridized carbons (Fsp3) is 0.647. The zero-order valence-electron chi connectivity index (χ0n) is 13.5. The molecule has 21 heavy (non-hydrogen) atoms. The van der Waals surface area contributed by atoms with E-state index >= 15 is 0 Å². The summed E-state index contributed by atoms with van der Waals surface area (Å²) in [7, 11) is 6.48. The minimum Gasteiger partial charge on any atom is -0.377 e. The quantitative estimate of drug-likeness (QED) is 0.917. The first-order valence-corrected chi connectivity index (χ1v) is 8.05. The van der Waals surface area contributed by atoms with E-state index in [0.717, 1.165) is 13.1 Å². The van der Waals surface area contributed by atoms with E-state index in [1.165, 1.54) is 42.7 Å². The first kappa shape index (κ1) is 14.8. The Balaban J connectivity index is 1.87. The van der Waals surface area contributed by atoms with Gasteiger partial charge in [0.15, 0.2) is 0 Å². The lowest BCUT2D eigenvalue weighted by Gasteiger charge is -2.38. The van der Waals surface area contributed by atoms with Crippen molar-refractivity contribution in [2.75, 3.05) is 45.7 Å². The van der Waals surface area contributed by atoms with Crippen LogP contribution in [0.25, 0.3) is 0 Å². The van der Waals surface area contributed by atoms with Gasteiger partial charge in [0.05, 0.1) is 0 Å². The summed E-state index contributed by atoms with van der Waals surface area (Å²) in [6.07, 6.45) is 2.52. The Morgan fingerprint density at radius 1 is 1.24 bits per heavy atom. The molecule has 4 heteroatoms. The highest BCUT2D eigenvalue weighted by atomic mass is 15.2. The van der Waals surface area contributed by atoms with Crippen LogP contribution in [0.15, 0.2) is 18.2 Å². The fourth-order valence-electron chi connectivity index (χ4n) is 3.94. The third-order valence-electron chi connectivity index (χ3n) is 5.15. The van der Waals surface area contributed by atoms with Gasteiger partial charge < -0.3 is 15.5 Å². The van der Waals surface area contributed by atoms with Crippen molar-refractivity contribution < 1.29 is 0 Å². The molecule has 1 unspecified atom stereocenters. The maximum atomic E-state index is 6.13. The number of rotatable bonds is 3. The molecule has 116 valence electrons. The zero-order chi connectivity index (χ0) is 15.0. The van der Waals surface area contributed by atoms with Gasteiger partial charge in [-0.15, -0.1) is 0 Å². The van der Waals surface area contributed by atoms with Crippen LogP contribution in [0, 0.1) is 0 Å². The monoisotopic (exact) mass is 288 g/mol. The summed E-state index contributed by atoms with van der Waals surface area (Å²) in [6.45, 7) is 4.18. The molecule has 0 saturated carbocycles. The SMILES string of the molecule is CN1CCC(N2Cc3c(cccc3N(C)C)C2CN)CC1. The maximum absolute atomic E-state index is 6.13. The van der Waals surface area contributed by atoms with Crippen LogP contribution >= 0.6 is 0 Å². The molecule has 1 fully saturated rings. The number of fused-ring (bicyclic) bond motifs is 1. The van der Waals surface area contributed by atoms with Gasteiger partial charge in [-0.2, -0.15) is 0 Å². The molecule has 2 aliphatic heterocycles. The Morgan fingerprint density at radius 3 is 2.57 bits per heavy atom. The second-order valence-corrected chi connectivity index (χ2v) is 6.70. The van der Waals surface area contributed by atoms with E-state index in [-0.39, 0.29) is 0 Å². The molecule has 1 atom stereocenters. The first-order valence-electron chi connectivity index (χ1n) is 8.05. The van der Waals surface area contributed by atoms with Crippen molar-refractivity contribution in [3.63, 3.8) is 0 Å². The van der Waals surface area contributed by atoms with Gasteiger partial charge >= 0.3 is 0 Å². The molecule has 0 spiro atoms. The standard InChI is InChI=1S/C17H28N4/c1-19(2)16-6-4-5-14-15(16)12-21(17(14)11-18)13-7-9-20(3)10-8-13/h4-6,13,17H,7-12,18H2,1-3H3. The number of hydrogen-bond acceptors (Lipinski definition) is 4. The van der Waals surface area contributed by atoms with Gasteiger partial charge in [0, 0.05) is 45.0 Å². The number of benzene rings is 1. The first-order chi connectivity index (χ1) is 10.1. The van der Waals surface area contributed by atoms with Crippen molar-refractivity contribution in [2.24, 2.45) is 5.73 Å². The average molecular weight is 288 g/mol. The predicted octanol–water partition coefficient (Wildman–Crippen LogP) is 1.66. The molecule has 0 amide bonds. The summed E-state index contributed by atoms with van der Waals surface area (Å²) in [5, 5.41) is 0. The summed E-state index contributed by atoms with van der Waals surface area (Å²) < 4.78 is 0. The minimum atomic E-state index is 0.397. The minimum absolute atomic E-state index is 0.397. The van der Waals surface area contributed by atoms with Crippen molar-refractivity contribution in [1.29, 1.82) is 0 Å². The summed E-state index contributed by atoms with van der Waals surface area (Å²) in [5.41, 5.74) is 10.4. The highest BCUT2D eigenvalue weighted by Gasteiger charge is 2.36. The molecule has 0 aromatic heterocycles. The van der Waals surface area contributed by atoms with Gasteiger partial charge in [-0.3, -0.25) is 4.90 Å². The summed E-state index contributed by atoms with van der Waals surface area (Å²) in [5.74, 6) is 0. The number of anilines is 1. The molecule has 2 aliphatic rings. The molecule has 1 saturated heterocycles. The van der Waals surface area contributed by atoms with Crippen LogP contribution in [0.2, 0.25) is 0 Å². The predicted molar refractivity (Wildman–Crippen MR) is 88.6 cm³/mol. The number of nitrogens with two attached hydrogens (primary N) is 1. The summed E-state index contributed by atoms with van der Waals surface area (Å²) in [4.78, 5) is 7.32. The molecule has 4 nitrogen and oxygen atoms in total. The molecule has 0 aliphatic carbocycles. The lowest BCUT2D eigenvalue weighted by Crippen LogP contribution is -2.44. The van der Waals surface area contributed by atoms with Crippen molar-refractivity contribution in [2.45, 2.75) is 31.5 Å². The zero-order valence-corrected chi connectivity index (χ0v) is 13.5. The van der Waals surface area contributed by atoms with E-state index in [1.807, 2.05) is 0 Å². The Bertz CT molecular complexity index is 492. The van der Waals surface area contributed by atoms with Gasteiger partial charge in [-0.1, -0.05) is 12.1 Å². The summed E-state index contributed by atoms with van der Waals surface area (Å²) in [6, 6.07) is 7.75. The average Bonchev–Trinajstić information content (AvgIpc) is 2.86. The number of piperidine rings is 1. The molecule has 2 heterocycles. The maximum Gasteiger partial charge on any atom is 0.0480 e. The Kier molecular flexibility index (Phi) is 4.20. The smallest absolute Gasteiger partial charge is 0.0480 e. The highest BCUT2D eigenvalue weighted by molar-refractivity contribution is 5.58. The Labute approximate surface area is 128 Å². The third kappa shape index (κ3) is 2.68. The second-order valence-electron chi connectivity index (χ2n) is 6.70. The van der Waals surface area contributed by atoms with Crippen molar-refractivity contribution in [3.05, 3.63) is 29.3 Å². The van der Waals surface area contributed by atoms with E-state index in [0.29, 0.717) is 12.1 Å². The molecule has 0 radical (unpaired) electrons. The molecule has 1 aromatic carbocycles. The van der Waals surface area contributed by atoms with E-state index in [9.17, 15) is 0 Å². The molecular weight excluding hydrogens is 260 g/mol. The van der Waals surface area contributed by atoms with Crippen molar-refractivity contribution in [1.82, 2.24) is 9.80 Å². The van der Waals surface area contributed by atoms with E-state index < -0.39 is 0 Å². The van der Waals surface area contributed by atoms with Crippen molar-refractivity contribution >= 4 is 5.69 Å². The van der Waals surface area contributed by atoms with Crippen LogP contribution in [0.1, 0.15) is 30.0 Å². The topological polar surface area (TPSA) is 35.7 Å². The second kappa shape index (κ2) is 5.95. The highest BCUT2D eigenvalue weighted by Crippen LogP contribution is 2.40. The van der Waals surface area contributed by atoms with E-state index in [2.05, 4.69) is 54.0 Å². The van der Waals surface area contributed by atoms with Crippen LogP contribution < -0.4 is 10.6 Å². The Hall–Kier alpha value is -1.10. The number of likely N-dealkylation sites (tertiary alicyclic amines) is 1. The molecular formula is C17H28N4. The van der Waals surface area contributed by atoms with Crippen molar-refractivity contribution in [3.8, 4) is 0 Å². The van der Waals surface area contributed by atoms with E-state index in [1.54, 1.807) is 0 Å².